The van der Waals surface area contributed by atoms with Crippen LogP contribution in [0.5, 0.6) is 0 Å². The van der Waals surface area contributed by atoms with Gasteiger partial charge in [0.25, 0.3) is 0 Å². The van der Waals surface area contributed by atoms with E-state index in [1.165, 1.54) is 173 Å². The fourth-order valence-electron chi connectivity index (χ4n) is 7.86. The number of hydrogen-bond acceptors (Lipinski definition) is 6. The minimum atomic E-state index is -0.279. The van der Waals surface area contributed by atoms with Crippen molar-refractivity contribution in [3.63, 3.8) is 0 Å². The minimum absolute atomic E-state index is 0.164. The highest BCUT2D eigenvalue weighted by molar-refractivity contribution is 4.70. The van der Waals surface area contributed by atoms with E-state index in [-0.39, 0.29) is 18.3 Å². The average Bonchev–Trinajstić information content (AvgIpc) is 3.15. The maximum atomic E-state index is 11.0. The lowest BCUT2D eigenvalue weighted by Gasteiger charge is -2.27. The summed E-state index contributed by atoms with van der Waals surface area (Å²) in [5.74, 6) is 0. The molecule has 0 aromatic carbocycles. The van der Waals surface area contributed by atoms with Crippen LogP contribution in [0.3, 0.4) is 0 Å². The van der Waals surface area contributed by atoms with Gasteiger partial charge in [-0.3, -0.25) is 4.90 Å². The van der Waals surface area contributed by atoms with Gasteiger partial charge >= 0.3 is 0 Å². The van der Waals surface area contributed by atoms with E-state index in [9.17, 15) is 15.3 Å². The van der Waals surface area contributed by atoms with Crippen molar-refractivity contribution in [1.82, 2.24) is 15.5 Å². The van der Waals surface area contributed by atoms with Crippen molar-refractivity contribution < 1.29 is 15.3 Å². The average molecular weight is 768 g/mol. The van der Waals surface area contributed by atoms with Crippen molar-refractivity contribution in [3.05, 3.63) is 0 Å². The highest BCUT2D eigenvalue weighted by atomic mass is 16.3. The lowest BCUT2D eigenvalue weighted by molar-refractivity contribution is 0.0596. The molecule has 6 nitrogen and oxygen atoms in total. The lowest BCUT2D eigenvalue weighted by atomic mass is 10.0. The normalized spacial score (nSPS) is 13.6. The number of unbranched alkanes of at least 4 members (excludes halogenated alkanes) is 27. The van der Waals surface area contributed by atoms with Gasteiger partial charge < -0.3 is 26.0 Å². The van der Waals surface area contributed by atoms with Gasteiger partial charge in [0.15, 0.2) is 0 Å². The molecule has 3 atom stereocenters. The molecule has 0 rings (SSSR count). The third kappa shape index (κ3) is 44.5. The fraction of sp³-hybridized carbons (Fsp3) is 1.00. The largest absolute Gasteiger partial charge is 0.393 e. The number of nitrogens with one attached hydrogen (secondary N) is 2. The Balaban J connectivity index is 4.18. The van der Waals surface area contributed by atoms with Crippen molar-refractivity contribution in [2.24, 2.45) is 0 Å². The van der Waals surface area contributed by atoms with Gasteiger partial charge in [0.2, 0.25) is 0 Å². The summed E-state index contributed by atoms with van der Waals surface area (Å²) in [7, 11) is 0. The van der Waals surface area contributed by atoms with Crippen molar-refractivity contribution >= 4 is 0 Å². The highest BCUT2D eigenvalue weighted by Crippen LogP contribution is 2.16. The van der Waals surface area contributed by atoms with E-state index in [2.05, 4.69) is 29.4 Å². The van der Waals surface area contributed by atoms with Crippen molar-refractivity contribution in [3.8, 4) is 0 Å². The van der Waals surface area contributed by atoms with E-state index in [4.69, 9.17) is 0 Å². The van der Waals surface area contributed by atoms with Crippen LogP contribution in [0, 0.1) is 0 Å². The molecule has 54 heavy (non-hydrogen) atoms. The van der Waals surface area contributed by atoms with E-state index < -0.39 is 0 Å². The molecule has 0 amide bonds. The molecule has 0 heterocycles. The molecule has 3 unspecified atom stereocenters. The summed E-state index contributed by atoms with van der Waals surface area (Å²) in [5.41, 5.74) is 0. The molecule has 0 saturated carbocycles. The lowest BCUT2D eigenvalue weighted by Crippen LogP contribution is -2.38. The molecule has 0 radical (unpaired) electrons. The first-order valence-corrected chi connectivity index (χ1v) is 24.7. The molecule has 0 aliphatic rings. The number of rotatable bonds is 47. The van der Waals surface area contributed by atoms with Gasteiger partial charge in [-0.1, -0.05) is 181 Å². The Morgan fingerprint density at radius 2 is 0.630 bits per heavy atom. The molecule has 0 bridgehead atoms. The summed E-state index contributed by atoms with van der Waals surface area (Å²) in [4.78, 5) is 2.38. The summed E-state index contributed by atoms with van der Waals surface area (Å²) in [6.07, 6.45) is 43.9. The van der Waals surface area contributed by atoms with Gasteiger partial charge in [0.1, 0.15) is 0 Å². The van der Waals surface area contributed by atoms with Crippen LogP contribution in [0.25, 0.3) is 0 Å². The van der Waals surface area contributed by atoms with Crippen LogP contribution in [-0.4, -0.2) is 84.3 Å². The zero-order valence-corrected chi connectivity index (χ0v) is 37.2. The third-order valence-corrected chi connectivity index (χ3v) is 11.5. The van der Waals surface area contributed by atoms with Crippen LogP contribution in [0.15, 0.2) is 0 Å². The van der Waals surface area contributed by atoms with E-state index in [1.54, 1.807) is 0 Å². The zero-order chi connectivity index (χ0) is 39.4. The van der Waals surface area contributed by atoms with Gasteiger partial charge in [-0.25, -0.2) is 0 Å². The molecular weight excluding hydrogens is 667 g/mol. The maximum absolute atomic E-state index is 11.0. The molecule has 326 valence electrons. The fourth-order valence-corrected chi connectivity index (χ4v) is 7.86. The highest BCUT2D eigenvalue weighted by Gasteiger charge is 2.16. The summed E-state index contributed by atoms with van der Waals surface area (Å²) in [5, 5.41) is 38.5. The predicted molar refractivity (Wildman–Crippen MR) is 239 cm³/mol. The topological polar surface area (TPSA) is 88.0 Å². The van der Waals surface area contributed by atoms with Crippen molar-refractivity contribution in [1.29, 1.82) is 0 Å². The van der Waals surface area contributed by atoms with Gasteiger partial charge in [-0.05, 0) is 97.4 Å². The first-order valence-electron chi connectivity index (χ1n) is 24.7. The quantitative estimate of drug-likeness (QED) is 0.0396. The van der Waals surface area contributed by atoms with Gasteiger partial charge in [-0.2, -0.15) is 0 Å². The second kappa shape index (κ2) is 45.5. The molecule has 6 heteroatoms. The first-order chi connectivity index (χ1) is 26.5. The smallest absolute Gasteiger partial charge is 0.0667 e. The Bertz CT molecular complexity index is 646. The Morgan fingerprint density at radius 3 is 0.981 bits per heavy atom. The number of hydrogen-bond donors (Lipinski definition) is 5. The van der Waals surface area contributed by atoms with Gasteiger partial charge in [0.05, 0.1) is 18.3 Å². The molecule has 0 spiro atoms. The first kappa shape index (κ1) is 53.8. The summed E-state index contributed by atoms with van der Waals surface area (Å²) >= 11 is 0. The summed E-state index contributed by atoms with van der Waals surface area (Å²) < 4.78 is 0. The SMILES string of the molecule is CCCCCCCCCCCCCCC(O)CN(CCCCCNCCCCCNCCCCC(C)O)CC(O)CCCCCCCCCCCCCC. The Hall–Kier alpha value is -0.240. The van der Waals surface area contributed by atoms with Crippen molar-refractivity contribution in [2.45, 2.75) is 264 Å². The monoisotopic (exact) mass is 768 g/mol. The Labute approximate surface area is 339 Å². The van der Waals surface area contributed by atoms with Crippen LogP contribution < -0.4 is 10.6 Å². The third-order valence-electron chi connectivity index (χ3n) is 11.5. The van der Waals surface area contributed by atoms with Crippen LogP contribution in [0.2, 0.25) is 0 Å². The van der Waals surface area contributed by atoms with Crippen molar-refractivity contribution in [2.75, 3.05) is 45.8 Å². The second-order valence-corrected chi connectivity index (χ2v) is 17.4. The molecule has 0 aromatic heterocycles. The standard InChI is InChI=1S/C48H101N3O3/c1-4-6-8-10-12-14-16-18-20-22-24-28-37-47(53)44-51(45-48(54)38-29-25-23-21-19-17-15-13-11-9-7-5-2)43-35-27-33-41-49-39-31-26-32-40-50-42-34-30-36-46(3)52/h46-50,52-54H,4-45H2,1-3H3. The molecule has 0 fully saturated rings. The minimum Gasteiger partial charge on any atom is -0.393 e. The number of aliphatic hydroxyl groups is 3. The van der Waals surface area contributed by atoms with E-state index in [1.807, 2.05) is 6.92 Å². The molecule has 0 aromatic rings. The number of nitrogens with zero attached hydrogens (tertiary/aromatic N) is 1. The summed E-state index contributed by atoms with van der Waals surface area (Å²) in [6, 6.07) is 0. The van der Waals surface area contributed by atoms with Gasteiger partial charge in [0, 0.05) is 13.1 Å². The summed E-state index contributed by atoms with van der Waals surface area (Å²) in [6.45, 7) is 13.2. The zero-order valence-electron chi connectivity index (χ0n) is 37.2. The van der Waals surface area contributed by atoms with Crippen LogP contribution >= 0.6 is 0 Å². The predicted octanol–water partition coefficient (Wildman–Crippen LogP) is 12.3. The number of aliphatic hydroxyl groups excluding tert-OH is 3. The van der Waals surface area contributed by atoms with E-state index in [0.717, 1.165) is 84.1 Å². The Morgan fingerprint density at radius 1 is 0.352 bits per heavy atom. The van der Waals surface area contributed by atoms with E-state index in [0.29, 0.717) is 13.1 Å². The molecule has 0 aliphatic heterocycles. The van der Waals surface area contributed by atoms with E-state index >= 15 is 0 Å². The van der Waals surface area contributed by atoms with Crippen LogP contribution in [-0.2, 0) is 0 Å². The second-order valence-electron chi connectivity index (χ2n) is 17.4. The molecule has 5 N–H and O–H groups in total. The van der Waals surface area contributed by atoms with Crippen LogP contribution in [0.1, 0.15) is 245 Å². The van der Waals surface area contributed by atoms with Crippen LogP contribution in [0.4, 0.5) is 0 Å². The molecule has 0 saturated heterocycles. The Kier molecular flexibility index (Phi) is 45.3. The maximum Gasteiger partial charge on any atom is 0.0667 e. The molecule has 0 aliphatic carbocycles. The van der Waals surface area contributed by atoms with Gasteiger partial charge in [-0.15, -0.1) is 0 Å². The molecular formula is C48H101N3O3.